The summed E-state index contributed by atoms with van der Waals surface area (Å²) in [5, 5.41) is 3.00. The van der Waals surface area contributed by atoms with E-state index in [1.165, 1.54) is 0 Å². The number of hydrogen-bond acceptors (Lipinski definition) is 3. The number of nitrogens with two attached hydrogens (primary N) is 1. The van der Waals surface area contributed by atoms with E-state index in [0.29, 0.717) is 11.3 Å². The van der Waals surface area contributed by atoms with Crippen LogP contribution >= 0.6 is 24.8 Å². The Bertz CT molecular complexity index is 703. The van der Waals surface area contributed by atoms with E-state index in [-0.39, 0.29) is 30.7 Å². The Balaban J connectivity index is 0.00000264. The van der Waals surface area contributed by atoms with Gasteiger partial charge in [-0.25, -0.2) is 0 Å². The third-order valence-corrected chi connectivity index (χ3v) is 3.56. The number of nitrogens with zero attached hydrogens (tertiary/aromatic N) is 1. The second-order valence-corrected chi connectivity index (χ2v) is 5.92. The van der Waals surface area contributed by atoms with Gasteiger partial charge in [0.05, 0.1) is 0 Å². The smallest absolute Gasteiger partial charge is 0.256 e. The van der Waals surface area contributed by atoms with Crippen LogP contribution in [0.2, 0.25) is 0 Å². The first-order chi connectivity index (χ1) is 10.4. The molecule has 0 heterocycles. The van der Waals surface area contributed by atoms with Crippen molar-refractivity contribution >= 4 is 42.1 Å². The van der Waals surface area contributed by atoms with Crippen molar-refractivity contribution < 1.29 is 4.79 Å². The highest BCUT2D eigenvalue weighted by atomic mass is 35.5. The lowest BCUT2D eigenvalue weighted by Gasteiger charge is -2.14. The number of anilines is 2. The molecule has 0 unspecified atom stereocenters. The molecule has 132 valence electrons. The zero-order valence-electron chi connectivity index (χ0n) is 14.4. The third-order valence-electron chi connectivity index (χ3n) is 3.56. The lowest BCUT2D eigenvalue weighted by Crippen LogP contribution is -2.15. The van der Waals surface area contributed by atoms with Crippen LogP contribution in [0.1, 0.15) is 27.0 Å². The molecule has 3 N–H and O–H groups in total. The van der Waals surface area contributed by atoms with Gasteiger partial charge in [-0.1, -0.05) is 18.2 Å². The SMILES string of the molecule is Cc1ccc(CN(C)C)cc1NC(=O)c1cc(N)ccc1C.Cl.Cl. The summed E-state index contributed by atoms with van der Waals surface area (Å²) in [6.07, 6.45) is 0. The summed E-state index contributed by atoms with van der Waals surface area (Å²) in [5.74, 6) is -0.130. The van der Waals surface area contributed by atoms with Gasteiger partial charge >= 0.3 is 0 Å². The highest BCUT2D eigenvalue weighted by Crippen LogP contribution is 2.20. The van der Waals surface area contributed by atoms with Crippen LogP contribution in [0, 0.1) is 13.8 Å². The first kappa shape index (κ1) is 22.2. The van der Waals surface area contributed by atoms with E-state index in [0.717, 1.165) is 28.9 Å². The summed E-state index contributed by atoms with van der Waals surface area (Å²) in [7, 11) is 4.04. The normalized spacial score (nSPS) is 9.88. The minimum absolute atomic E-state index is 0. The van der Waals surface area contributed by atoms with Crippen LogP contribution in [0.25, 0.3) is 0 Å². The maximum Gasteiger partial charge on any atom is 0.256 e. The monoisotopic (exact) mass is 369 g/mol. The van der Waals surface area contributed by atoms with Gasteiger partial charge in [0, 0.05) is 23.5 Å². The topological polar surface area (TPSA) is 58.4 Å². The van der Waals surface area contributed by atoms with E-state index in [2.05, 4.69) is 16.3 Å². The fourth-order valence-electron chi connectivity index (χ4n) is 2.34. The number of hydrogen-bond donors (Lipinski definition) is 2. The first-order valence-electron chi connectivity index (χ1n) is 7.28. The van der Waals surface area contributed by atoms with Crippen LogP contribution in [0.4, 0.5) is 11.4 Å². The molecule has 0 aliphatic carbocycles. The number of halogens is 2. The van der Waals surface area contributed by atoms with Crippen molar-refractivity contribution in [2.75, 3.05) is 25.1 Å². The lowest BCUT2D eigenvalue weighted by atomic mass is 10.1. The molecule has 2 rings (SSSR count). The summed E-state index contributed by atoms with van der Waals surface area (Å²) < 4.78 is 0. The van der Waals surface area contributed by atoms with E-state index < -0.39 is 0 Å². The van der Waals surface area contributed by atoms with Gasteiger partial charge in [0.25, 0.3) is 5.91 Å². The van der Waals surface area contributed by atoms with Crippen molar-refractivity contribution in [3.8, 4) is 0 Å². The maximum absolute atomic E-state index is 12.5. The molecule has 0 radical (unpaired) electrons. The summed E-state index contributed by atoms with van der Waals surface area (Å²) in [4.78, 5) is 14.6. The minimum Gasteiger partial charge on any atom is -0.399 e. The highest BCUT2D eigenvalue weighted by Gasteiger charge is 2.11. The van der Waals surface area contributed by atoms with Crippen molar-refractivity contribution in [3.05, 3.63) is 58.7 Å². The number of nitrogens with one attached hydrogen (secondary N) is 1. The number of amides is 1. The number of carbonyl (C=O) groups is 1. The van der Waals surface area contributed by atoms with E-state index in [1.807, 2.05) is 46.1 Å². The Morgan fingerprint density at radius 3 is 2.29 bits per heavy atom. The van der Waals surface area contributed by atoms with Gasteiger partial charge in [-0.15, -0.1) is 24.8 Å². The standard InChI is InChI=1S/C18H23N3O.2ClH/c1-12-6-8-15(19)10-16(12)18(22)20-17-9-14(11-21(3)4)7-5-13(17)2;;/h5-10H,11,19H2,1-4H3,(H,20,22);2*1H. The largest absolute Gasteiger partial charge is 0.399 e. The summed E-state index contributed by atoms with van der Waals surface area (Å²) in [6, 6.07) is 11.5. The van der Waals surface area contributed by atoms with Crippen LogP contribution in [-0.4, -0.2) is 24.9 Å². The molecular weight excluding hydrogens is 345 g/mol. The van der Waals surface area contributed by atoms with Crippen molar-refractivity contribution in [1.82, 2.24) is 4.90 Å². The van der Waals surface area contributed by atoms with Crippen molar-refractivity contribution in [2.24, 2.45) is 0 Å². The van der Waals surface area contributed by atoms with Crippen LogP contribution in [-0.2, 0) is 6.54 Å². The van der Waals surface area contributed by atoms with E-state index in [1.54, 1.807) is 12.1 Å². The molecule has 0 aliphatic rings. The lowest BCUT2D eigenvalue weighted by molar-refractivity contribution is 0.102. The highest BCUT2D eigenvalue weighted by molar-refractivity contribution is 6.06. The molecule has 1 amide bonds. The Morgan fingerprint density at radius 1 is 1.04 bits per heavy atom. The van der Waals surface area contributed by atoms with Crippen LogP contribution < -0.4 is 11.1 Å². The molecule has 2 aromatic carbocycles. The Labute approximate surface area is 156 Å². The van der Waals surface area contributed by atoms with Gasteiger partial charge in [-0.2, -0.15) is 0 Å². The fraction of sp³-hybridized carbons (Fsp3) is 0.278. The Morgan fingerprint density at radius 2 is 1.67 bits per heavy atom. The molecule has 0 spiro atoms. The van der Waals surface area contributed by atoms with E-state index in [9.17, 15) is 4.79 Å². The molecule has 24 heavy (non-hydrogen) atoms. The van der Waals surface area contributed by atoms with E-state index in [4.69, 9.17) is 5.73 Å². The van der Waals surface area contributed by atoms with Gasteiger partial charge < -0.3 is 16.0 Å². The zero-order chi connectivity index (χ0) is 16.3. The number of benzene rings is 2. The number of nitrogen functional groups attached to an aromatic ring is 1. The molecule has 0 saturated heterocycles. The van der Waals surface area contributed by atoms with Crippen LogP contribution in [0.3, 0.4) is 0 Å². The molecule has 0 saturated carbocycles. The zero-order valence-corrected chi connectivity index (χ0v) is 16.1. The quantitative estimate of drug-likeness (QED) is 0.799. The van der Waals surface area contributed by atoms with Crippen molar-refractivity contribution in [1.29, 1.82) is 0 Å². The second kappa shape index (κ2) is 9.52. The molecule has 0 aromatic heterocycles. The van der Waals surface area contributed by atoms with Gasteiger partial charge in [0.1, 0.15) is 0 Å². The fourth-order valence-corrected chi connectivity index (χ4v) is 2.34. The molecular formula is C18H25Cl2N3O. The Hall–Kier alpha value is -1.75. The molecule has 0 fully saturated rings. The molecule has 0 aliphatic heterocycles. The molecule has 4 nitrogen and oxygen atoms in total. The molecule has 2 aromatic rings. The molecule has 0 bridgehead atoms. The van der Waals surface area contributed by atoms with E-state index >= 15 is 0 Å². The van der Waals surface area contributed by atoms with Crippen LogP contribution in [0.15, 0.2) is 36.4 Å². The number of rotatable bonds is 4. The average molecular weight is 370 g/mol. The number of aryl methyl sites for hydroxylation is 2. The van der Waals surface area contributed by atoms with Crippen molar-refractivity contribution in [3.63, 3.8) is 0 Å². The summed E-state index contributed by atoms with van der Waals surface area (Å²) >= 11 is 0. The maximum atomic E-state index is 12.5. The first-order valence-corrected chi connectivity index (χ1v) is 7.28. The summed E-state index contributed by atoms with van der Waals surface area (Å²) in [6.45, 7) is 4.73. The number of carbonyl (C=O) groups excluding carboxylic acids is 1. The van der Waals surface area contributed by atoms with Crippen molar-refractivity contribution in [2.45, 2.75) is 20.4 Å². The molecule has 6 heteroatoms. The van der Waals surface area contributed by atoms with Gasteiger partial charge in [-0.3, -0.25) is 4.79 Å². The third kappa shape index (κ3) is 5.71. The average Bonchev–Trinajstić information content (AvgIpc) is 2.44. The molecule has 0 atom stereocenters. The van der Waals surface area contributed by atoms with Crippen LogP contribution in [0.5, 0.6) is 0 Å². The second-order valence-electron chi connectivity index (χ2n) is 5.92. The van der Waals surface area contributed by atoms with Gasteiger partial charge in [-0.05, 0) is 62.8 Å². The minimum atomic E-state index is -0.130. The predicted octanol–water partition coefficient (Wildman–Crippen LogP) is 4.04. The van der Waals surface area contributed by atoms with Gasteiger partial charge in [0.2, 0.25) is 0 Å². The van der Waals surface area contributed by atoms with Gasteiger partial charge in [0.15, 0.2) is 0 Å². The predicted molar refractivity (Wildman–Crippen MR) is 107 cm³/mol. The summed E-state index contributed by atoms with van der Waals surface area (Å²) in [5.41, 5.74) is 10.9. The Kier molecular flexibility index (Phi) is 8.83.